The van der Waals surface area contributed by atoms with Gasteiger partial charge in [0.05, 0.1) is 17.5 Å². The summed E-state index contributed by atoms with van der Waals surface area (Å²) < 4.78 is 2.07. The quantitative estimate of drug-likeness (QED) is 0.841. The molecule has 106 valence electrons. The van der Waals surface area contributed by atoms with Crippen molar-refractivity contribution in [2.75, 3.05) is 13.1 Å². The second-order valence-corrected chi connectivity index (χ2v) is 5.66. The van der Waals surface area contributed by atoms with Crippen LogP contribution in [0.2, 0.25) is 0 Å². The number of likely N-dealkylation sites (tertiary alicyclic amines) is 1. The molecule has 0 saturated carbocycles. The van der Waals surface area contributed by atoms with E-state index in [0.717, 1.165) is 48.4 Å². The number of hydrogen-bond donors (Lipinski definition) is 0. The standard InChI is InChI=1S/C16H21N3O/c1-12-17-14-10-13(6-7-15(14)18(12)2)11-16(20)19-8-4-3-5-9-19/h6-7,10H,3-5,8-9,11H2,1-2H3. The summed E-state index contributed by atoms with van der Waals surface area (Å²) in [6, 6.07) is 6.16. The Bertz CT molecular complexity index is 638. The first-order chi connectivity index (χ1) is 9.65. The lowest BCUT2D eigenvalue weighted by atomic mass is 10.1. The van der Waals surface area contributed by atoms with Crippen LogP contribution in [0.4, 0.5) is 0 Å². The number of amides is 1. The van der Waals surface area contributed by atoms with Crippen LogP contribution in [0.3, 0.4) is 0 Å². The molecule has 1 aliphatic heterocycles. The maximum absolute atomic E-state index is 12.3. The molecule has 0 bridgehead atoms. The normalized spacial score (nSPS) is 15.8. The third-order valence-corrected chi connectivity index (χ3v) is 4.23. The van der Waals surface area contributed by atoms with Crippen LogP contribution >= 0.6 is 0 Å². The molecule has 1 saturated heterocycles. The zero-order valence-corrected chi connectivity index (χ0v) is 12.2. The van der Waals surface area contributed by atoms with Crippen LogP contribution in [0.25, 0.3) is 11.0 Å². The van der Waals surface area contributed by atoms with E-state index in [1.807, 2.05) is 31.0 Å². The van der Waals surface area contributed by atoms with Gasteiger partial charge in [-0.15, -0.1) is 0 Å². The molecule has 0 N–H and O–H groups in total. The van der Waals surface area contributed by atoms with Crippen molar-refractivity contribution in [3.05, 3.63) is 29.6 Å². The summed E-state index contributed by atoms with van der Waals surface area (Å²) in [5.74, 6) is 1.25. The summed E-state index contributed by atoms with van der Waals surface area (Å²) in [4.78, 5) is 18.8. The molecule has 4 heteroatoms. The summed E-state index contributed by atoms with van der Waals surface area (Å²) in [7, 11) is 2.02. The van der Waals surface area contributed by atoms with Gasteiger partial charge in [0.1, 0.15) is 5.82 Å². The first-order valence-corrected chi connectivity index (χ1v) is 7.35. The maximum Gasteiger partial charge on any atom is 0.226 e. The monoisotopic (exact) mass is 271 g/mol. The number of imidazole rings is 1. The Morgan fingerprint density at radius 2 is 2.00 bits per heavy atom. The smallest absolute Gasteiger partial charge is 0.226 e. The number of aromatic nitrogens is 2. The van der Waals surface area contributed by atoms with Crippen LogP contribution in [0, 0.1) is 6.92 Å². The highest BCUT2D eigenvalue weighted by Crippen LogP contribution is 2.18. The maximum atomic E-state index is 12.3. The van der Waals surface area contributed by atoms with Crippen molar-refractivity contribution in [1.29, 1.82) is 0 Å². The van der Waals surface area contributed by atoms with Crippen molar-refractivity contribution in [2.45, 2.75) is 32.6 Å². The van der Waals surface area contributed by atoms with Crippen molar-refractivity contribution in [3.8, 4) is 0 Å². The van der Waals surface area contributed by atoms with Crippen LogP contribution < -0.4 is 0 Å². The third-order valence-electron chi connectivity index (χ3n) is 4.23. The van der Waals surface area contributed by atoms with Crippen molar-refractivity contribution in [2.24, 2.45) is 7.05 Å². The molecular weight excluding hydrogens is 250 g/mol. The minimum absolute atomic E-state index is 0.247. The van der Waals surface area contributed by atoms with Crippen molar-refractivity contribution < 1.29 is 4.79 Å². The molecule has 1 aromatic carbocycles. The Morgan fingerprint density at radius 3 is 2.75 bits per heavy atom. The van der Waals surface area contributed by atoms with Crippen LogP contribution in [-0.2, 0) is 18.3 Å². The van der Waals surface area contributed by atoms with E-state index in [9.17, 15) is 4.79 Å². The van der Waals surface area contributed by atoms with Gasteiger partial charge in [0.15, 0.2) is 0 Å². The zero-order chi connectivity index (χ0) is 14.1. The number of fused-ring (bicyclic) bond motifs is 1. The van der Waals surface area contributed by atoms with E-state index in [1.54, 1.807) is 0 Å². The third kappa shape index (κ3) is 2.42. The van der Waals surface area contributed by atoms with Gasteiger partial charge in [-0.2, -0.15) is 0 Å². The molecule has 2 aromatic rings. The van der Waals surface area contributed by atoms with Gasteiger partial charge in [-0.3, -0.25) is 4.79 Å². The van der Waals surface area contributed by atoms with E-state index in [0.29, 0.717) is 6.42 Å². The molecule has 1 aromatic heterocycles. The van der Waals surface area contributed by atoms with Crippen molar-refractivity contribution in [1.82, 2.24) is 14.5 Å². The lowest BCUT2D eigenvalue weighted by molar-refractivity contribution is -0.131. The van der Waals surface area contributed by atoms with Crippen LogP contribution in [0.5, 0.6) is 0 Å². The van der Waals surface area contributed by atoms with Gasteiger partial charge in [0.25, 0.3) is 0 Å². The van der Waals surface area contributed by atoms with Crippen LogP contribution in [-0.4, -0.2) is 33.4 Å². The van der Waals surface area contributed by atoms with Gasteiger partial charge in [-0.05, 0) is 43.9 Å². The molecule has 2 heterocycles. The Morgan fingerprint density at radius 1 is 1.25 bits per heavy atom. The van der Waals surface area contributed by atoms with Gasteiger partial charge < -0.3 is 9.47 Å². The predicted molar refractivity (Wildman–Crippen MR) is 79.6 cm³/mol. The molecule has 0 aliphatic carbocycles. The summed E-state index contributed by atoms with van der Waals surface area (Å²) >= 11 is 0. The fraction of sp³-hybridized carbons (Fsp3) is 0.500. The van der Waals surface area contributed by atoms with Crippen molar-refractivity contribution >= 4 is 16.9 Å². The summed E-state index contributed by atoms with van der Waals surface area (Å²) in [5, 5.41) is 0. The average molecular weight is 271 g/mol. The lowest BCUT2D eigenvalue weighted by Gasteiger charge is -2.26. The first-order valence-electron chi connectivity index (χ1n) is 7.35. The largest absolute Gasteiger partial charge is 0.342 e. The number of nitrogens with zero attached hydrogens (tertiary/aromatic N) is 3. The first kappa shape index (κ1) is 13.2. The number of piperidine rings is 1. The number of rotatable bonds is 2. The summed E-state index contributed by atoms with van der Waals surface area (Å²) in [6.07, 6.45) is 4.03. The molecule has 1 fully saturated rings. The summed E-state index contributed by atoms with van der Waals surface area (Å²) in [5.41, 5.74) is 3.16. The fourth-order valence-electron chi connectivity index (χ4n) is 2.91. The molecule has 0 unspecified atom stereocenters. The highest BCUT2D eigenvalue weighted by Gasteiger charge is 2.17. The van der Waals surface area contributed by atoms with E-state index >= 15 is 0 Å². The number of benzene rings is 1. The minimum atomic E-state index is 0.247. The van der Waals surface area contributed by atoms with Crippen LogP contribution in [0.15, 0.2) is 18.2 Å². The fourth-order valence-corrected chi connectivity index (χ4v) is 2.91. The second-order valence-electron chi connectivity index (χ2n) is 5.66. The molecule has 0 radical (unpaired) electrons. The molecule has 20 heavy (non-hydrogen) atoms. The van der Waals surface area contributed by atoms with Gasteiger partial charge in [-0.25, -0.2) is 4.98 Å². The summed E-state index contributed by atoms with van der Waals surface area (Å²) in [6.45, 7) is 3.84. The topological polar surface area (TPSA) is 38.1 Å². The number of aryl methyl sites for hydroxylation is 2. The van der Waals surface area contributed by atoms with E-state index in [4.69, 9.17) is 0 Å². The Labute approximate surface area is 119 Å². The Balaban J connectivity index is 1.78. The average Bonchev–Trinajstić information content (AvgIpc) is 2.74. The van der Waals surface area contributed by atoms with E-state index in [2.05, 4.69) is 15.6 Å². The van der Waals surface area contributed by atoms with Gasteiger partial charge in [-0.1, -0.05) is 6.07 Å². The molecule has 4 nitrogen and oxygen atoms in total. The molecule has 0 atom stereocenters. The highest BCUT2D eigenvalue weighted by molar-refractivity contribution is 5.82. The molecule has 1 amide bonds. The SMILES string of the molecule is Cc1nc2cc(CC(=O)N3CCCCC3)ccc2n1C. The van der Waals surface area contributed by atoms with Crippen LogP contribution in [0.1, 0.15) is 30.7 Å². The minimum Gasteiger partial charge on any atom is -0.342 e. The van der Waals surface area contributed by atoms with E-state index < -0.39 is 0 Å². The zero-order valence-electron chi connectivity index (χ0n) is 12.2. The molecule has 3 rings (SSSR count). The molecular formula is C16H21N3O. The number of hydrogen-bond acceptors (Lipinski definition) is 2. The predicted octanol–water partition coefficient (Wildman–Crippen LogP) is 2.44. The number of carbonyl (C=O) groups excluding carboxylic acids is 1. The van der Waals surface area contributed by atoms with E-state index in [-0.39, 0.29) is 5.91 Å². The van der Waals surface area contributed by atoms with E-state index in [1.165, 1.54) is 6.42 Å². The second kappa shape index (κ2) is 5.27. The van der Waals surface area contributed by atoms with Crippen molar-refractivity contribution in [3.63, 3.8) is 0 Å². The lowest BCUT2D eigenvalue weighted by Crippen LogP contribution is -2.36. The molecule has 0 spiro atoms. The van der Waals surface area contributed by atoms with Gasteiger partial charge in [0, 0.05) is 20.1 Å². The number of carbonyl (C=O) groups is 1. The van der Waals surface area contributed by atoms with Gasteiger partial charge in [0.2, 0.25) is 5.91 Å². The Kier molecular flexibility index (Phi) is 3.47. The van der Waals surface area contributed by atoms with Gasteiger partial charge >= 0.3 is 0 Å². The Hall–Kier alpha value is -1.84. The molecule has 1 aliphatic rings. The highest BCUT2D eigenvalue weighted by atomic mass is 16.2.